The summed E-state index contributed by atoms with van der Waals surface area (Å²) >= 11 is 0. The van der Waals surface area contributed by atoms with Gasteiger partial charge in [-0.2, -0.15) is 0 Å². The number of aromatic nitrogens is 1. The first kappa shape index (κ1) is 14.4. The maximum absolute atomic E-state index is 12.5. The van der Waals surface area contributed by atoms with Gasteiger partial charge in [0.25, 0.3) is 5.91 Å². The molecule has 1 amide bonds. The first-order valence-corrected chi connectivity index (χ1v) is 7.27. The highest BCUT2D eigenvalue weighted by molar-refractivity contribution is 5.94. The Bertz CT molecular complexity index is 708. The van der Waals surface area contributed by atoms with Gasteiger partial charge in [0.2, 0.25) is 0 Å². The van der Waals surface area contributed by atoms with Gasteiger partial charge >= 0.3 is 5.97 Å². The molecular formula is C17H18N2O3. The highest BCUT2D eigenvalue weighted by atomic mass is 16.4. The number of nitrogens with one attached hydrogen (secondary N) is 1. The predicted molar refractivity (Wildman–Crippen MR) is 82.5 cm³/mol. The number of H-pyrrole nitrogens is 1. The second-order valence-electron chi connectivity index (χ2n) is 5.99. The Labute approximate surface area is 128 Å². The molecule has 0 aliphatic carbocycles. The second kappa shape index (κ2) is 5.33. The third-order valence-corrected chi connectivity index (χ3v) is 4.28. The lowest BCUT2D eigenvalue weighted by Crippen LogP contribution is -2.35. The number of likely N-dealkylation sites (tertiary alicyclic amines) is 1. The predicted octanol–water partition coefficient (Wildman–Crippen LogP) is 2.62. The van der Waals surface area contributed by atoms with E-state index >= 15 is 0 Å². The summed E-state index contributed by atoms with van der Waals surface area (Å²) in [7, 11) is 0. The minimum Gasteiger partial charge on any atom is -0.481 e. The van der Waals surface area contributed by atoms with Gasteiger partial charge in [0.15, 0.2) is 0 Å². The number of rotatable bonds is 3. The standard InChI is InChI=1S/C17H18N2O3/c1-17(16(21)22)9-10-19(11-17)15(20)14-8-7-13(18-14)12-5-3-2-4-6-12/h2-8,18H,9-11H2,1H3,(H,21,22)/t17-/m0/s1. The van der Waals surface area contributed by atoms with Crippen LogP contribution in [0.25, 0.3) is 11.3 Å². The molecule has 1 atom stereocenters. The lowest BCUT2D eigenvalue weighted by atomic mass is 9.90. The topological polar surface area (TPSA) is 73.4 Å². The molecule has 0 spiro atoms. The molecule has 2 N–H and O–H groups in total. The minimum atomic E-state index is -0.848. The molecule has 0 bridgehead atoms. The van der Waals surface area contributed by atoms with Crippen molar-refractivity contribution in [3.8, 4) is 11.3 Å². The number of carbonyl (C=O) groups is 2. The number of hydrogen-bond donors (Lipinski definition) is 2. The van der Waals surface area contributed by atoms with E-state index in [4.69, 9.17) is 0 Å². The van der Waals surface area contributed by atoms with E-state index in [0.29, 0.717) is 18.7 Å². The molecule has 1 aliphatic rings. The number of carbonyl (C=O) groups excluding carboxylic acids is 1. The van der Waals surface area contributed by atoms with E-state index < -0.39 is 11.4 Å². The first-order valence-electron chi connectivity index (χ1n) is 7.27. The number of benzene rings is 1. The average Bonchev–Trinajstić information content (AvgIpc) is 3.15. The number of aliphatic carboxylic acids is 1. The van der Waals surface area contributed by atoms with Crippen LogP contribution in [-0.4, -0.2) is 40.0 Å². The molecule has 0 radical (unpaired) electrons. The SMILES string of the molecule is C[C@]1(C(=O)O)CCN(C(=O)c2ccc(-c3ccccc3)[nH]2)C1. The summed E-state index contributed by atoms with van der Waals surface area (Å²) in [6.07, 6.45) is 0.486. The van der Waals surface area contributed by atoms with Gasteiger partial charge in [0.05, 0.1) is 5.41 Å². The third kappa shape index (κ3) is 2.50. The summed E-state index contributed by atoms with van der Waals surface area (Å²) in [5.74, 6) is -0.994. The summed E-state index contributed by atoms with van der Waals surface area (Å²) in [6.45, 7) is 2.41. The first-order chi connectivity index (χ1) is 10.5. The molecule has 1 aromatic carbocycles. The maximum Gasteiger partial charge on any atom is 0.311 e. The largest absolute Gasteiger partial charge is 0.481 e. The van der Waals surface area contributed by atoms with Crippen LogP contribution in [0.4, 0.5) is 0 Å². The Morgan fingerprint density at radius 1 is 1.18 bits per heavy atom. The lowest BCUT2D eigenvalue weighted by molar-refractivity contribution is -0.147. The van der Waals surface area contributed by atoms with Crippen molar-refractivity contribution < 1.29 is 14.7 Å². The molecule has 1 aliphatic heterocycles. The zero-order valence-electron chi connectivity index (χ0n) is 12.4. The molecule has 5 nitrogen and oxygen atoms in total. The maximum atomic E-state index is 12.5. The van der Waals surface area contributed by atoms with Crippen molar-refractivity contribution in [2.24, 2.45) is 5.41 Å². The van der Waals surface area contributed by atoms with E-state index in [2.05, 4.69) is 4.98 Å². The number of amides is 1. The molecule has 1 fully saturated rings. The van der Waals surface area contributed by atoms with Crippen LogP contribution in [0.15, 0.2) is 42.5 Å². The monoisotopic (exact) mass is 298 g/mol. The second-order valence-corrected chi connectivity index (χ2v) is 5.99. The molecule has 1 aromatic heterocycles. The highest BCUT2D eigenvalue weighted by Gasteiger charge is 2.42. The Balaban J connectivity index is 1.77. The Hall–Kier alpha value is -2.56. The molecule has 0 saturated carbocycles. The minimum absolute atomic E-state index is 0.146. The zero-order valence-corrected chi connectivity index (χ0v) is 12.4. The van der Waals surface area contributed by atoms with Gasteiger partial charge in [0.1, 0.15) is 5.69 Å². The van der Waals surface area contributed by atoms with Crippen molar-refractivity contribution in [1.29, 1.82) is 0 Å². The van der Waals surface area contributed by atoms with E-state index in [0.717, 1.165) is 11.3 Å². The molecule has 2 heterocycles. The van der Waals surface area contributed by atoms with Crippen LogP contribution in [0.3, 0.4) is 0 Å². The third-order valence-electron chi connectivity index (χ3n) is 4.28. The summed E-state index contributed by atoms with van der Waals surface area (Å²) in [6, 6.07) is 13.4. The van der Waals surface area contributed by atoms with Gasteiger partial charge < -0.3 is 15.0 Å². The molecule has 2 aromatic rings. The zero-order chi connectivity index (χ0) is 15.7. The Morgan fingerprint density at radius 3 is 2.55 bits per heavy atom. The normalized spacial score (nSPS) is 21.0. The summed E-state index contributed by atoms with van der Waals surface area (Å²) < 4.78 is 0. The van der Waals surface area contributed by atoms with Crippen LogP contribution in [0, 0.1) is 5.41 Å². The molecule has 1 saturated heterocycles. The van der Waals surface area contributed by atoms with Crippen molar-refractivity contribution in [3.05, 3.63) is 48.2 Å². The fourth-order valence-corrected chi connectivity index (χ4v) is 2.79. The van der Waals surface area contributed by atoms with Crippen LogP contribution < -0.4 is 0 Å². The van der Waals surface area contributed by atoms with Crippen molar-refractivity contribution in [3.63, 3.8) is 0 Å². The van der Waals surface area contributed by atoms with Crippen LogP contribution >= 0.6 is 0 Å². The summed E-state index contributed by atoms with van der Waals surface area (Å²) in [5, 5.41) is 9.25. The molecule has 5 heteroatoms. The summed E-state index contributed by atoms with van der Waals surface area (Å²) in [4.78, 5) is 28.5. The Kier molecular flexibility index (Phi) is 3.48. The number of aromatic amines is 1. The molecule has 0 unspecified atom stereocenters. The van der Waals surface area contributed by atoms with E-state index in [1.165, 1.54) is 0 Å². The lowest BCUT2D eigenvalue weighted by Gasteiger charge is -2.19. The molecular weight excluding hydrogens is 280 g/mol. The van der Waals surface area contributed by atoms with Gasteiger partial charge in [0, 0.05) is 18.8 Å². The van der Waals surface area contributed by atoms with Gasteiger partial charge in [-0.1, -0.05) is 30.3 Å². The fourth-order valence-electron chi connectivity index (χ4n) is 2.79. The highest BCUT2D eigenvalue weighted by Crippen LogP contribution is 2.31. The van der Waals surface area contributed by atoms with Crippen LogP contribution in [-0.2, 0) is 4.79 Å². The molecule has 22 heavy (non-hydrogen) atoms. The van der Waals surface area contributed by atoms with E-state index in [1.54, 1.807) is 17.9 Å². The average molecular weight is 298 g/mol. The van der Waals surface area contributed by atoms with Gasteiger partial charge in [-0.3, -0.25) is 9.59 Å². The van der Waals surface area contributed by atoms with Crippen molar-refractivity contribution >= 4 is 11.9 Å². The smallest absolute Gasteiger partial charge is 0.311 e. The van der Waals surface area contributed by atoms with Gasteiger partial charge in [-0.15, -0.1) is 0 Å². The quantitative estimate of drug-likeness (QED) is 0.914. The van der Waals surface area contributed by atoms with Gasteiger partial charge in [-0.25, -0.2) is 0 Å². The van der Waals surface area contributed by atoms with Crippen molar-refractivity contribution in [2.75, 3.05) is 13.1 Å². The Morgan fingerprint density at radius 2 is 1.91 bits per heavy atom. The van der Waals surface area contributed by atoms with E-state index in [1.807, 2.05) is 36.4 Å². The van der Waals surface area contributed by atoms with Crippen molar-refractivity contribution in [1.82, 2.24) is 9.88 Å². The van der Waals surface area contributed by atoms with E-state index in [-0.39, 0.29) is 12.5 Å². The van der Waals surface area contributed by atoms with E-state index in [9.17, 15) is 14.7 Å². The molecule has 3 rings (SSSR count). The number of carboxylic acids is 1. The van der Waals surface area contributed by atoms with Gasteiger partial charge in [-0.05, 0) is 31.0 Å². The fraction of sp³-hybridized carbons (Fsp3) is 0.294. The molecule has 114 valence electrons. The van der Waals surface area contributed by atoms with Crippen LogP contribution in [0.5, 0.6) is 0 Å². The number of carboxylic acid groups (broad SMARTS) is 1. The van der Waals surface area contributed by atoms with Crippen LogP contribution in [0.2, 0.25) is 0 Å². The number of nitrogens with zero attached hydrogens (tertiary/aromatic N) is 1. The summed E-state index contributed by atoms with van der Waals surface area (Å²) in [5.41, 5.74) is 1.54. The van der Waals surface area contributed by atoms with Crippen LogP contribution in [0.1, 0.15) is 23.8 Å². The number of hydrogen-bond acceptors (Lipinski definition) is 2. The van der Waals surface area contributed by atoms with Crippen molar-refractivity contribution in [2.45, 2.75) is 13.3 Å².